The van der Waals surface area contributed by atoms with Crippen LogP contribution in [0.15, 0.2) is 53.4 Å². The summed E-state index contributed by atoms with van der Waals surface area (Å²) in [6, 6.07) is 13.6. The summed E-state index contributed by atoms with van der Waals surface area (Å²) in [4.78, 5) is 26.0. The van der Waals surface area contributed by atoms with Crippen LogP contribution in [-0.2, 0) is 25.8 Å². The Hall–Kier alpha value is -2.67. The smallest absolute Gasteiger partial charge is 0.244 e. The molecule has 6 nitrogen and oxygen atoms in total. The molecule has 24 heavy (non-hydrogen) atoms. The number of carbonyl (C=O) groups is 2. The molecule has 0 fully saturated rings. The number of amides is 2. The highest BCUT2D eigenvalue weighted by Gasteiger charge is 2.27. The fraction of sp³-hybridized carbons (Fsp3) is 0.176. The molecule has 0 spiro atoms. The highest BCUT2D eigenvalue weighted by atomic mass is 32.2. The van der Waals surface area contributed by atoms with E-state index in [1.54, 1.807) is 6.07 Å². The Balaban J connectivity index is 1.94. The van der Waals surface area contributed by atoms with Crippen molar-refractivity contribution < 1.29 is 18.0 Å². The molecule has 2 aromatic rings. The summed E-state index contributed by atoms with van der Waals surface area (Å²) in [5.74, 6) is -0.570. The van der Waals surface area contributed by atoms with Gasteiger partial charge in [0.05, 0.1) is 22.7 Å². The molecule has 124 valence electrons. The lowest BCUT2D eigenvalue weighted by Gasteiger charge is -2.29. The molecule has 0 saturated heterocycles. The van der Waals surface area contributed by atoms with Crippen LogP contribution in [0.3, 0.4) is 0 Å². The molecular formula is C17H16N2O4S. The van der Waals surface area contributed by atoms with E-state index in [1.807, 2.05) is 30.3 Å². The number of carbonyl (C=O) groups excluding carboxylic acids is 2. The van der Waals surface area contributed by atoms with E-state index in [0.717, 1.165) is 11.8 Å². The number of hydrogen-bond donors (Lipinski definition) is 1. The van der Waals surface area contributed by atoms with Crippen molar-refractivity contribution >= 4 is 33.0 Å². The molecule has 0 atom stereocenters. The van der Waals surface area contributed by atoms with Gasteiger partial charge in [0.2, 0.25) is 11.8 Å². The van der Waals surface area contributed by atoms with Crippen molar-refractivity contribution in [3.05, 3.63) is 54.1 Å². The fourth-order valence-electron chi connectivity index (χ4n) is 2.59. The van der Waals surface area contributed by atoms with E-state index in [-0.39, 0.29) is 29.7 Å². The van der Waals surface area contributed by atoms with Gasteiger partial charge in [0.15, 0.2) is 9.84 Å². The van der Waals surface area contributed by atoms with Crippen LogP contribution in [0.25, 0.3) is 0 Å². The third-order valence-electron chi connectivity index (χ3n) is 3.76. The molecule has 7 heteroatoms. The van der Waals surface area contributed by atoms with Gasteiger partial charge in [-0.15, -0.1) is 0 Å². The molecule has 2 amide bonds. The predicted molar refractivity (Wildman–Crippen MR) is 90.7 cm³/mol. The van der Waals surface area contributed by atoms with Gasteiger partial charge in [-0.25, -0.2) is 8.42 Å². The van der Waals surface area contributed by atoms with Crippen molar-refractivity contribution in [1.82, 2.24) is 0 Å². The number of benzene rings is 2. The highest BCUT2D eigenvalue weighted by Crippen LogP contribution is 2.32. The zero-order chi connectivity index (χ0) is 17.3. The summed E-state index contributed by atoms with van der Waals surface area (Å²) in [5.41, 5.74) is 1.68. The van der Waals surface area contributed by atoms with E-state index < -0.39 is 9.84 Å². The molecule has 0 aromatic heterocycles. The number of nitrogens with zero attached hydrogens (tertiary/aromatic N) is 1. The first-order valence-electron chi connectivity index (χ1n) is 7.33. The fourth-order valence-corrected chi connectivity index (χ4v) is 3.24. The monoisotopic (exact) mass is 344 g/mol. The molecular weight excluding hydrogens is 328 g/mol. The predicted octanol–water partition coefficient (Wildman–Crippen LogP) is 1.62. The van der Waals surface area contributed by atoms with E-state index in [9.17, 15) is 18.0 Å². The summed E-state index contributed by atoms with van der Waals surface area (Å²) in [6.45, 7) is -0.0864. The lowest BCUT2D eigenvalue weighted by atomic mass is 10.1. The average Bonchev–Trinajstić information content (AvgIpc) is 2.53. The van der Waals surface area contributed by atoms with Crippen LogP contribution in [-0.4, -0.2) is 33.0 Å². The van der Waals surface area contributed by atoms with Gasteiger partial charge in [-0.05, 0) is 23.8 Å². The van der Waals surface area contributed by atoms with Crippen molar-refractivity contribution in [2.45, 2.75) is 11.3 Å². The minimum atomic E-state index is -3.39. The number of sulfone groups is 1. The Morgan fingerprint density at radius 1 is 1.17 bits per heavy atom. The standard InChI is InChI=1S/C17H16N2O4S/c1-24(22,23)13-7-8-15-14(10-13)18-16(20)11-19(15)17(21)9-12-5-3-2-4-6-12/h2-8,10H,9,11H2,1H3,(H,18,20). The third kappa shape index (κ3) is 3.30. The molecule has 0 radical (unpaired) electrons. The van der Waals surface area contributed by atoms with E-state index in [1.165, 1.54) is 17.0 Å². The molecule has 2 aromatic carbocycles. The zero-order valence-corrected chi connectivity index (χ0v) is 13.8. The van der Waals surface area contributed by atoms with Gasteiger partial charge < -0.3 is 10.2 Å². The first kappa shape index (κ1) is 16.2. The lowest BCUT2D eigenvalue weighted by molar-refractivity contribution is -0.121. The largest absolute Gasteiger partial charge is 0.323 e. The van der Waals surface area contributed by atoms with E-state index >= 15 is 0 Å². The minimum absolute atomic E-state index is 0.0864. The molecule has 0 saturated carbocycles. The Morgan fingerprint density at radius 3 is 2.54 bits per heavy atom. The maximum atomic E-state index is 12.6. The highest BCUT2D eigenvalue weighted by molar-refractivity contribution is 7.90. The number of fused-ring (bicyclic) bond motifs is 1. The Morgan fingerprint density at radius 2 is 1.88 bits per heavy atom. The second-order valence-corrected chi connectivity index (χ2v) is 7.66. The minimum Gasteiger partial charge on any atom is -0.323 e. The van der Waals surface area contributed by atoms with Crippen LogP contribution in [0.5, 0.6) is 0 Å². The maximum Gasteiger partial charge on any atom is 0.244 e. The van der Waals surface area contributed by atoms with E-state index in [0.29, 0.717) is 11.4 Å². The van der Waals surface area contributed by atoms with Crippen LogP contribution in [0.4, 0.5) is 11.4 Å². The summed E-state index contributed by atoms with van der Waals surface area (Å²) in [5, 5.41) is 2.62. The summed E-state index contributed by atoms with van der Waals surface area (Å²) in [7, 11) is -3.39. The molecule has 0 bridgehead atoms. The van der Waals surface area contributed by atoms with Crippen molar-refractivity contribution in [2.75, 3.05) is 23.0 Å². The Bertz CT molecular complexity index is 907. The second-order valence-electron chi connectivity index (χ2n) is 5.64. The lowest BCUT2D eigenvalue weighted by Crippen LogP contribution is -2.42. The second kappa shape index (κ2) is 6.09. The maximum absolute atomic E-state index is 12.6. The average molecular weight is 344 g/mol. The zero-order valence-electron chi connectivity index (χ0n) is 13.0. The molecule has 1 heterocycles. The van der Waals surface area contributed by atoms with Crippen LogP contribution in [0.1, 0.15) is 5.56 Å². The quantitative estimate of drug-likeness (QED) is 0.917. The van der Waals surface area contributed by atoms with Gasteiger partial charge in [0.25, 0.3) is 0 Å². The number of hydrogen-bond acceptors (Lipinski definition) is 4. The van der Waals surface area contributed by atoms with Crippen LogP contribution < -0.4 is 10.2 Å². The van der Waals surface area contributed by atoms with Crippen LogP contribution in [0.2, 0.25) is 0 Å². The van der Waals surface area contributed by atoms with Gasteiger partial charge in [-0.2, -0.15) is 0 Å². The first-order chi connectivity index (χ1) is 11.3. The van der Waals surface area contributed by atoms with E-state index in [4.69, 9.17) is 0 Å². The molecule has 1 N–H and O–H groups in total. The number of anilines is 2. The van der Waals surface area contributed by atoms with Crippen LogP contribution in [0, 0.1) is 0 Å². The summed E-state index contributed by atoms with van der Waals surface area (Å²) in [6.07, 6.45) is 1.26. The number of nitrogens with one attached hydrogen (secondary N) is 1. The third-order valence-corrected chi connectivity index (χ3v) is 4.87. The number of rotatable bonds is 3. The van der Waals surface area contributed by atoms with Crippen LogP contribution >= 0.6 is 0 Å². The van der Waals surface area contributed by atoms with Crippen molar-refractivity contribution in [3.8, 4) is 0 Å². The van der Waals surface area contributed by atoms with Gasteiger partial charge in [0, 0.05) is 6.26 Å². The van der Waals surface area contributed by atoms with Gasteiger partial charge in [-0.1, -0.05) is 30.3 Å². The molecule has 1 aliphatic rings. The van der Waals surface area contributed by atoms with Crippen molar-refractivity contribution in [3.63, 3.8) is 0 Å². The molecule has 0 aliphatic carbocycles. The molecule has 1 aliphatic heterocycles. The first-order valence-corrected chi connectivity index (χ1v) is 9.22. The van der Waals surface area contributed by atoms with Crippen molar-refractivity contribution in [2.24, 2.45) is 0 Å². The Labute approximate surface area is 140 Å². The van der Waals surface area contributed by atoms with Gasteiger partial charge in [0.1, 0.15) is 6.54 Å². The summed E-state index contributed by atoms with van der Waals surface area (Å²) >= 11 is 0. The topological polar surface area (TPSA) is 83.6 Å². The van der Waals surface area contributed by atoms with Gasteiger partial charge >= 0.3 is 0 Å². The molecule has 0 unspecified atom stereocenters. The SMILES string of the molecule is CS(=O)(=O)c1ccc2c(c1)NC(=O)CN2C(=O)Cc1ccccc1. The van der Waals surface area contributed by atoms with Crippen molar-refractivity contribution in [1.29, 1.82) is 0 Å². The van der Waals surface area contributed by atoms with Gasteiger partial charge in [-0.3, -0.25) is 9.59 Å². The van der Waals surface area contributed by atoms with E-state index in [2.05, 4.69) is 5.32 Å². The normalized spacial score (nSPS) is 14.0. The Kier molecular flexibility index (Phi) is 4.11. The summed E-state index contributed by atoms with van der Waals surface area (Å²) < 4.78 is 23.3. The molecule has 3 rings (SSSR count).